The van der Waals surface area contributed by atoms with Crippen molar-refractivity contribution in [1.82, 2.24) is 85.5 Å². The Hall–Kier alpha value is -13.1. The van der Waals surface area contributed by atoms with E-state index in [1.807, 2.05) is 127 Å². The van der Waals surface area contributed by atoms with Gasteiger partial charge in [-0.3, -0.25) is 55.2 Å². The second kappa shape index (κ2) is 56.0. The molecule has 0 atom stereocenters. The van der Waals surface area contributed by atoms with Gasteiger partial charge in [0.25, 0.3) is 0 Å². The highest BCUT2D eigenvalue weighted by atomic mass is 35.5. The summed E-state index contributed by atoms with van der Waals surface area (Å²) in [7, 11) is 6.46. The van der Waals surface area contributed by atoms with Crippen molar-refractivity contribution in [2.24, 2.45) is 15.0 Å². The molecule has 13 aromatic rings. The summed E-state index contributed by atoms with van der Waals surface area (Å²) >= 11 is 18.2. The Labute approximate surface area is 895 Å². The maximum atomic E-state index is 13.6. The summed E-state index contributed by atoms with van der Waals surface area (Å²) in [5.74, 6) is 4.29. The highest BCUT2D eigenvalue weighted by Gasteiger charge is 2.34. The molecule has 5 fully saturated rings. The molecule has 0 radical (unpaired) electrons. The number of benzene rings is 6. The Morgan fingerprint density at radius 3 is 1.10 bits per heavy atom. The summed E-state index contributed by atoms with van der Waals surface area (Å²) in [5, 5.41) is 53.0. The Balaban J connectivity index is 0.000000164. The number of likely N-dealkylation sites (tertiary alicyclic amines) is 5. The molecule has 15 heterocycles. The molecule has 0 unspecified atom stereocenters. The van der Waals surface area contributed by atoms with Crippen LogP contribution >= 0.6 is 34.8 Å². The SMILES string of the molecule is C.C.C.C.C.CC(=O)N1CCC(Nc2n[nH]c(-c3ccc(Cl)cc3)c2C2=CC=NCC2)CC1.CC(C)N1CCC(Nc2n[nH]c(-c3ccc(Cl)cc3)c2C2=CC=NCC2)CC1.CCCN1CCC(Nc2n[nH]c(-c3ccc(Cl)cc3)c2C2=CC=NCC2)CC1.CN1CCC(N(C)c2n[nH]c(-c3ccc(F)cc3)c2-c2ccncc2)CC1.CN1CCC(N(Cc2ccccc2)c2n[nH]c(-c3ccc(F)cc3)c2-c2ccncc2)CC1. The number of nitrogens with zero attached hydrogens (tertiary/aromatic N) is 17. The third kappa shape index (κ3) is 29.8. The van der Waals surface area contributed by atoms with Gasteiger partial charge in [0.1, 0.15) is 11.6 Å². The number of rotatable bonds is 25. The summed E-state index contributed by atoms with van der Waals surface area (Å²) in [6.07, 6.45) is 33.9. The topological polar surface area (TPSA) is 282 Å². The van der Waals surface area contributed by atoms with Gasteiger partial charge in [0, 0.05) is 219 Å². The minimum Gasteiger partial charge on any atom is -0.365 e. The Kier molecular flexibility index (Phi) is 43.1. The summed E-state index contributed by atoms with van der Waals surface area (Å²) in [6.45, 7) is 23.3. The number of dihydropyridines is 3. The zero-order valence-electron chi connectivity index (χ0n) is 83.4. The van der Waals surface area contributed by atoms with Crippen LogP contribution in [0.1, 0.15) is 177 Å². The number of hydrogen-bond donors (Lipinski definition) is 8. The van der Waals surface area contributed by atoms with E-state index in [2.05, 4.69) is 201 Å². The molecule has 26 nitrogen and oxygen atoms in total. The van der Waals surface area contributed by atoms with Crippen LogP contribution < -0.4 is 25.8 Å². The van der Waals surface area contributed by atoms with E-state index in [-0.39, 0.29) is 54.7 Å². The van der Waals surface area contributed by atoms with Crippen LogP contribution in [0.5, 0.6) is 0 Å². The zero-order valence-corrected chi connectivity index (χ0v) is 85.7. The fourth-order valence-electron chi connectivity index (χ4n) is 20.3. The summed E-state index contributed by atoms with van der Waals surface area (Å²) in [5.41, 5.74) is 22.5. The molecular weight excluding hydrogens is 1930 g/mol. The van der Waals surface area contributed by atoms with Crippen LogP contribution in [0.2, 0.25) is 15.1 Å². The van der Waals surface area contributed by atoms with Crippen molar-refractivity contribution in [2.45, 2.75) is 198 Å². The van der Waals surface area contributed by atoms with Gasteiger partial charge < -0.3 is 50.2 Å². The lowest BCUT2D eigenvalue weighted by atomic mass is 9.96. The van der Waals surface area contributed by atoms with Gasteiger partial charge in [-0.1, -0.05) is 146 Å². The van der Waals surface area contributed by atoms with Crippen LogP contribution in [0.15, 0.2) is 234 Å². The first-order valence-corrected chi connectivity index (χ1v) is 52.0. The lowest BCUT2D eigenvalue weighted by molar-refractivity contribution is -0.129. The van der Waals surface area contributed by atoms with Crippen molar-refractivity contribution in [1.29, 1.82) is 0 Å². The van der Waals surface area contributed by atoms with Gasteiger partial charge >= 0.3 is 0 Å². The van der Waals surface area contributed by atoms with E-state index < -0.39 is 0 Å². The molecule has 5 saturated heterocycles. The number of nitrogens with one attached hydrogen (secondary N) is 8. The number of hydrogen-bond acceptors (Lipinski definition) is 20. The number of aromatic amines is 5. The predicted molar refractivity (Wildman–Crippen MR) is 621 cm³/mol. The number of H-pyrrole nitrogens is 5. The van der Waals surface area contributed by atoms with E-state index >= 15 is 0 Å². The van der Waals surface area contributed by atoms with E-state index in [9.17, 15) is 13.6 Å². The number of pyridine rings is 2. The molecule has 149 heavy (non-hydrogen) atoms. The van der Waals surface area contributed by atoms with E-state index in [4.69, 9.17) is 39.9 Å². The number of piperidine rings is 5. The fraction of sp³-hybridized carbons (Fsp3) is 0.398. The predicted octanol–water partition coefficient (Wildman–Crippen LogP) is 26.1. The molecular formula is C118H152Cl3F2N25O. The first-order chi connectivity index (χ1) is 70.3. The van der Waals surface area contributed by atoms with Crippen LogP contribution in [0.25, 0.3) is 95.3 Å². The van der Waals surface area contributed by atoms with E-state index in [1.165, 1.54) is 70.6 Å². The molecule has 6 aromatic carbocycles. The second-order valence-electron chi connectivity index (χ2n) is 38.6. The number of carbonyl (C=O) groups is 1. The van der Waals surface area contributed by atoms with Gasteiger partial charge in [-0.2, -0.15) is 25.5 Å². The average molecular weight is 2080 g/mol. The Bertz CT molecular complexity index is 6480. The average Bonchev–Trinajstić information content (AvgIpc) is 1.64. The van der Waals surface area contributed by atoms with Gasteiger partial charge in [-0.05, 0) is 311 Å². The number of aliphatic imine (C=N–C) groups is 3. The Morgan fingerprint density at radius 2 is 0.745 bits per heavy atom. The van der Waals surface area contributed by atoms with Gasteiger partial charge in [0.15, 0.2) is 29.1 Å². The molecule has 0 bridgehead atoms. The molecule has 0 aliphatic carbocycles. The minimum absolute atomic E-state index is 0. The van der Waals surface area contributed by atoms with E-state index in [1.54, 1.807) is 56.0 Å². The lowest BCUT2D eigenvalue weighted by Gasteiger charge is -2.38. The van der Waals surface area contributed by atoms with Gasteiger partial charge in [0.2, 0.25) is 5.91 Å². The van der Waals surface area contributed by atoms with Crippen molar-refractivity contribution in [2.75, 3.05) is 139 Å². The molecule has 7 aromatic heterocycles. The monoisotopic (exact) mass is 2080 g/mol. The summed E-state index contributed by atoms with van der Waals surface area (Å²) in [4.78, 5) is 49.4. The third-order valence-corrected chi connectivity index (χ3v) is 29.3. The number of amides is 1. The van der Waals surface area contributed by atoms with Gasteiger partial charge in [-0.25, -0.2) is 8.78 Å². The van der Waals surface area contributed by atoms with Crippen molar-refractivity contribution >= 4 is 105 Å². The Morgan fingerprint density at radius 1 is 0.409 bits per heavy atom. The standard InChI is InChI=1S/C27H28FN5.2C22H28ClN5.C21H24ClN5O.C21H24FN5.5CH4/c1-32-17-13-24(14-18-32)33(19-20-5-3-2-4-6-20)27-25(21-11-15-29-16-12-21)26(30-31-27)22-7-9-23(28)10-8-22;1-15(2)28-13-9-19(10-14-28)25-22-20(16-7-11-24-12-8-16)21(26-27-22)17-3-5-18(23)6-4-17;1-2-13-28-14-9-19(10-15-28)25-22-20(16-7-11-24-12-8-16)21(26-27-22)17-3-5-18(23)6-4-17;1-14(28)27-12-8-18(9-13-27)24-21-19(15-6-10-23-11-7-15)20(25-26-21)16-2-4-17(22)5-3-16;1-26-13-9-18(10-14-26)27(2)21-19(15-7-11-23-12-8-15)20(24-25-21)16-3-5-17(22)6-4-16;;;;;/h2-12,15-16,24H,13-14,17-19H2,1H3,(H,30,31);3-7,11,15,19H,8-10,12-14H2,1-2H3,(H2,25,26,27);3-7,11,19H,2,8-10,12-15H2,1H3,(H2,25,26,27);2-6,10,18H,7-9,11-13H2,1H3,(H2,24,25,26);3-8,11-12,18H,9-10,13-14H2,1-2H3,(H,24,25);5*1H4. The van der Waals surface area contributed by atoms with Crippen LogP contribution in [0, 0.1) is 11.6 Å². The maximum Gasteiger partial charge on any atom is 0.219 e. The number of aromatic nitrogens is 12. The summed E-state index contributed by atoms with van der Waals surface area (Å²) in [6, 6.07) is 58.0. The van der Waals surface area contributed by atoms with Crippen LogP contribution in [0.3, 0.4) is 0 Å². The highest BCUT2D eigenvalue weighted by molar-refractivity contribution is 6.31. The number of carbonyl (C=O) groups excluding carboxylic acids is 1. The van der Waals surface area contributed by atoms with Crippen molar-refractivity contribution < 1.29 is 13.6 Å². The third-order valence-electron chi connectivity index (χ3n) is 28.5. The lowest BCUT2D eigenvalue weighted by Crippen LogP contribution is -2.44. The quantitative estimate of drug-likeness (QED) is 0.0264. The van der Waals surface area contributed by atoms with Gasteiger partial charge in [-0.15, -0.1) is 0 Å². The van der Waals surface area contributed by atoms with E-state index in [0.29, 0.717) is 41.3 Å². The number of anilines is 5. The van der Waals surface area contributed by atoms with E-state index in [0.717, 1.165) is 298 Å². The fourth-order valence-corrected chi connectivity index (χ4v) is 20.7. The van der Waals surface area contributed by atoms with Crippen molar-refractivity contribution in [3.8, 4) is 78.5 Å². The molecule has 0 saturated carbocycles. The first-order valence-electron chi connectivity index (χ1n) is 50.8. The molecule has 8 N–H and O–H groups in total. The molecule has 790 valence electrons. The smallest absolute Gasteiger partial charge is 0.219 e. The molecule has 8 aliphatic rings. The van der Waals surface area contributed by atoms with Crippen molar-refractivity contribution in [3.05, 3.63) is 268 Å². The molecule has 31 heteroatoms. The van der Waals surface area contributed by atoms with Gasteiger partial charge in [0.05, 0.1) is 39.6 Å². The molecule has 21 rings (SSSR count). The molecule has 8 aliphatic heterocycles. The minimum atomic E-state index is -0.249. The normalized spacial score (nSPS) is 16.4. The number of allylic oxidation sites excluding steroid dienone is 3. The second-order valence-corrected chi connectivity index (χ2v) is 39.9. The zero-order chi connectivity index (χ0) is 99.8. The number of halogens is 5. The van der Waals surface area contributed by atoms with Crippen molar-refractivity contribution in [3.63, 3.8) is 0 Å². The van der Waals surface area contributed by atoms with Crippen LogP contribution in [0.4, 0.5) is 37.9 Å². The molecule has 0 spiro atoms. The first kappa shape index (κ1) is 115. The maximum absolute atomic E-state index is 13.6. The van der Waals surface area contributed by atoms with Crippen LogP contribution in [-0.2, 0) is 11.3 Å². The summed E-state index contributed by atoms with van der Waals surface area (Å²) < 4.78 is 27.0. The molecule has 1 amide bonds. The largest absolute Gasteiger partial charge is 0.365 e. The highest BCUT2D eigenvalue weighted by Crippen LogP contribution is 2.45. The van der Waals surface area contributed by atoms with Crippen LogP contribution in [-0.4, -0.2) is 259 Å².